The summed E-state index contributed by atoms with van der Waals surface area (Å²) in [6.07, 6.45) is 3.72. The van der Waals surface area contributed by atoms with Gasteiger partial charge in [0.15, 0.2) is 0 Å². The fourth-order valence-corrected chi connectivity index (χ4v) is 0.994. The molecule has 1 heterocycles. The second-order valence-electron chi connectivity index (χ2n) is 4.19. The Morgan fingerprint density at radius 3 is 2.54 bits per heavy atom. The van der Waals surface area contributed by atoms with Crippen molar-refractivity contribution in [3.8, 4) is 0 Å². The van der Waals surface area contributed by atoms with Crippen molar-refractivity contribution in [2.75, 3.05) is 0 Å². The summed E-state index contributed by atoms with van der Waals surface area (Å²) >= 11 is 0. The van der Waals surface area contributed by atoms with Crippen LogP contribution >= 0.6 is 0 Å². The average Bonchev–Trinajstić information content (AvgIpc) is 2.50. The fourth-order valence-electron chi connectivity index (χ4n) is 0.994. The minimum absolute atomic E-state index is 0.00000283. The quantitative estimate of drug-likeness (QED) is 0.604. The molecule has 0 aromatic carbocycles. The van der Waals surface area contributed by atoms with Crippen LogP contribution in [0.5, 0.6) is 0 Å². The van der Waals surface area contributed by atoms with E-state index >= 15 is 0 Å². The van der Waals surface area contributed by atoms with E-state index in [-0.39, 0.29) is 11.6 Å². The zero-order chi connectivity index (χ0) is 10.1. The van der Waals surface area contributed by atoms with Gasteiger partial charge in [0.2, 0.25) is 6.04 Å². The third-order valence-electron chi connectivity index (χ3n) is 1.97. The molecule has 0 aliphatic heterocycles. The van der Waals surface area contributed by atoms with Crippen molar-refractivity contribution in [3.05, 3.63) is 29.4 Å². The predicted molar refractivity (Wildman–Crippen MR) is 52.2 cm³/mol. The normalized spacial score (nSPS) is 13.8. The molecule has 3 heteroatoms. The van der Waals surface area contributed by atoms with E-state index < -0.39 is 0 Å². The lowest BCUT2D eigenvalue weighted by Gasteiger charge is -2.18. The Kier molecular flexibility index (Phi) is 2.42. The van der Waals surface area contributed by atoms with Gasteiger partial charge in [0.1, 0.15) is 0 Å². The first-order valence-corrected chi connectivity index (χ1v) is 4.37. The zero-order valence-corrected chi connectivity index (χ0v) is 8.57. The van der Waals surface area contributed by atoms with Crippen LogP contribution in [-0.2, 0) is 5.54 Å². The molecule has 3 nitrogen and oxygen atoms in total. The summed E-state index contributed by atoms with van der Waals surface area (Å²) in [5.41, 5.74) is 0.991. The topological polar surface area (TPSA) is 22.2 Å². The Bertz CT molecular complexity index is 325. The lowest BCUT2D eigenvalue weighted by atomic mass is 10.1. The van der Waals surface area contributed by atoms with E-state index in [1.165, 1.54) is 0 Å². The SMILES string of the molecule is [C-]#[N+]C(C)c1cnn(C(C)(C)C)c1. The molecule has 70 valence electrons. The maximum Gasteiger partial charge on any atom is 0.249 e. The van der Waals surface area contributed by atoms with Gasteiger partial charge in [-0.15, -0.1) is 0 Å². The average molecular weight is 177 g/mol. The summed E-state index contributed by atoms with van der Waals surface area (Å²) < 4.78 is 1.89. The highest BCUT2D eigenvalue weighted by Gasteiger charge is 2.17. The van der Waals surface area contributed by atoms with Crippen LogP contribution in [0.4, 0.5) is 0 Å². The van der Waals surface area contributed by atoms with Gasteiger partial charge in [-0.1, -0.05) is 0 Å². The van der Waals surface area contributed by atoms with E-state index in [4.69, 9.17) is 6.57 Å². The van der Waals surface area contributed by atoms with E-state index in [2.05, 4.69) is 30.7 Å². The molecule has 0 radical (unpaired) electrons. The van der Waals surface area contributed by atoms with E-state index in [1.54, 1.807) is 6.20 Å². The molecule has 0 aliphatic carbocycles. The highest BCUT2D eigenvalue weighted by atomic mass is 15.3. The maximum absolute atomic E-state index is 6.90. The molecule has 0 bridgehead atoms. The molecule has 0 saturated carbocycles. The molecule has 1 atom stereocenters. The molecule has 1 aromatic rings. The molecule has 0 fully saturated rings. The second kappa shape index (κ2) is 3.21. The summed E-state index contributed by atoms with van der Waals surface area (Å²) in [6, 6.07) is -0.0869. The van der Waals surface area contributed by atoms with Crippen LogP contribution in [0.25, 0.3) is 4.85 Å². The number of rotatable bonds is 1. The molecule has 13 heavy (non-hydrogen) atoms. The van der Waals surface area contributed by atoms with Crippen molar-refractivity contribution in [3.63, 3.8) is 0 Å². The van der Waals surface area contributed by atoms with Crippen LogP contribution in [0.2, 0.25) is 0 Å². The predicted octanol–water partition coefficient (Wildman–Crippen LogP) is 2.62. The van der Waals surface area contributed by atoms with E-state index in [9.17, 15) is 0 Å². The molecular weight excluding hydrogens is 162 g/mol. The van der Waals surface area contributed by atoms with Crippen LogP contribution in [0.3, 0.4) is 0 Å². The van der Waals surface area contributed by atoms with Gasteiger partial charge in [0, 0.05) is 13.1 Å². The van der Waals surface area contributed by atoms with Crippen LogP contribution < -0.4 is 0 Å². The van der Waals surface area contributed by atoms with E-state index in [1.807, 2.05) is 17.8 Å². The largest absolute Gasteiger partial charge is 0.309 e. The monoisotopic (exact) mass is 177 g/mol. The Morgan fingerprint density at radius 2 is 2.15 bits per heavy atom. The summed E-state index contributed by atoms with van der Waals surface area (Å²) in [5, 5.41) is 4.23. The van der Waals surface area contributed by atoms with Crippen molar-refractivity contribution in [1.82, 2.24) is 9.78 Å². The molecule has 1 unspecified atom stereocenters. The standard InChI is InChI=1S/C10H15N3/c1-8(11-5)9-6-12-13(7-9)10(2,3)4/h6-8H,1-4H3. The minimum atomic E-state index is -0.0869. The number of hydrogen-bond acceptors (Lipinski definition) is 1. The van der Waals surface area contributed by atoms with Crippen LogP contribution in [0, 0.1) is 6.57 Å². The molecular formula is C10H15N3. The summed E-state index contributed by atoms with van der Waals surface area (Å²) in [4.78, 5) is 3.45. The number of aromatic nitrogens is 2. The lowest BCUT2D eigenvalue weighted by Crippen LogP contribution is -2.21. The van der Waals surface area contributed by atoms with Gasteiger partial charge in [-0.2, -0.15) is 5.10 Å². The molecule has 1 aromatic heterocycles. The third kappa shape index (κ3) is 2.09. The van der Waals surface area contributed by atoms with Crippen molar-refractivity contribution in [2.24, 2.45) is 0 Å². The molecule has 0 N–H and O–H groups in total. The number of hydrogen-bond donors (Lipinski definition) is 0. The maximum atomic E-state index is 6.90. The van der Waals surface area contributed by atoms with Gasteiger partial charge in [-0.3, -0.25) is 4.68 Å². The number of nitrogens with zero attached hydrogens (tertiary/aromatic N) is 3. The van der Waals surface area contributed by atoms with Crippen molar-refractivity contribution in [1.29, 1.82) is 0 Å². The highest BCUT2D eigenvalue weighted by molar-refractivity contribution is 5.13. The van der Waals surface area contributed by atoms with E-state index in [0.29, 0.717) is 0 Å². The molecule has 0 aliphatic rings. The van der Waals surface area contributed by atoms with Crippen LogP contribution in [-0.4, -0.2) is 9.78 Å². The molecule has 0 amide bonds. The first kappa shape index (κ1) is 9.79. The Morgan fingerprint density at radius 1 is 1.54 bits per heavy atom. The summed E-state index contributed by atoms with van der Waals surface area (Å²) in [6.45, 7) is 15.1. The van der Waals surface area contributed by atoms with Gasteiger partial charge in [-0.05, 0) is 20.8 Å². The summed E-state index contributed by atoms with van der Waals surface area (Å²) in [5.74, 6) is 0. The van der Waals surface area contributed by atoms with Gasteiger partial charge < -0.3 is 4.85 Å². The highest BCUT2D eigenvalue weighted by Crippen LogP contribution is 2.19. The first-order valence-electron chi connectivity index (χ1n) is 4.37. The van der Waals surface area contributed by atoms with Crippen molar-refractivity contribution < 1.29 is 0 Å². The van der Waals surface area contributed by atoms with Crippen molar-refractivity contribution >= 4 is 0 Å². The van der Waals surface area contributed by atoms with Gasteiger partial charge in [0.05, 0.1) is 17.3 Å². The zero-order valence-electron chi connectivity index (χ0n) is 8.57. The Labute approximate surface area is 79.2 Å². The van der Waals surface area contributed by atoms with Crippen LogP contribution in [0.1, 0.15) is 39.3 Å². The van der Waals surface area contributed by atoms with E-state index in [0.717, 1.165) is 5.56 Å². The van der Waals surface area contributed by atoms with Gasteiger partial charge >= 0.3 is 0 Å². The molecule has 0 saturated heterocycles. The lowest BCUT2D eigenvalue weighted by molar-refractivity contribution is 0.355. The minimum Gasteiger partial charge on any atom is -0.309 e. The van der Waals surface area contributed by atoms with Gasteiger partial charge in [0.25, 0.3) is 0 Å². The fraction of sp³-hybridized carbons (Fsp3) is 0.600. The first-order chi connectivity index (χ1) is 5.95. The molecule has 0 spiro atoms. The Balaban J connectivity index is 2.95. The Hall–Kier alpha value is -1.30. The third-order valence-corrected chi connectivity index (χ3v) is 1.97. The van der Waals surface area contributed by atoms with Crippen molar-refractivity contribution in [2.45, 2.75) is 39.3 Å². The second-order valence-corrected chi connectivity index (χ2v) is 4.19. The molecule has 1 rings (SSSR count). The van der Waals surface area contributed by atoms with Gasteiger partial charge in [-0.25, -0.2) is 6.57 Å². The van der Waals surface area contributed by atoms with Crippen LogP contribution in [0.15, 0.2) is 12.4 Å². The smallest absolute Gasteiger partial charge is 0.249 e. The summed E-state index contributed by atoms with van der Waals surface area (Å²) in [7, 11) is 0.